The van der Waals surface area contributed by atoms with E-state index in [0.717, 1.165) is 36.0 Å². The number of hydrogen-bond donors (Lipinski definition) is 2. The molecule has 1 aliphatic heterocycles. The van der Waals surface area contributed by atoms with Gasteiger partial charge in [0.2, 0.25) is 5.91 Å². The molecule has 1 saturated heterocycles. The predicted octanol–water partition coefficient (Wildman–Crippen LogP) is 2.06. The van der Waals surface area contributed by atoms with Crippen LogP contribution in [0.3, 0.4) is 0 Å². The molecule has 0 saturated carbocycles. The summed E-state index contributed by atoms with van der Waals surface area (Å²) in [5.74, 6) is 0.299. The molecular formula is C13H17BrN2O. The van der Waals surface area contributed by atoms with Gasteiger partial charge in [0.25, 0.3) is 0 Å². The first-order valence-corrected chi connectivity index (χ1v) is 6.78. The summed E-state index contributed by atoms with van der Waals surface area (Å²) >= 11 is 3.42. The van der Waals surface area contributed by atoms with E-state index >= 15 is 0 Å². The Balaban J connectivity index is 1.83. The number of carbonyl (C=O) groups excluding carboxylic acids is 1. The first-order valence-electron chi connectivity index (χ1n) is 5.98. The fraction of sp³-hybridized carbons (Fsp3) is 0.462. The lowest BCUT2D eigenvalue weighted by atomic mass is 9.99. The molecule has 1 aliphatic rings. The Morgan fingerprint density at radius 2 is 2.41 bits per heavy atom. The lowest BCUT2D eigenvalue weighted by Gasteiger charge is -2.21. The molecule has 0 bridgehead atoms. The maximum absolute atomic E-state index is 11.9. The molecule has 0 aromatic heterocycles. The number of benzene rings is 1. The molecule has 92 valence electrons. The van der Waals surface area contributed by atoms with Crippen molar-refractivity contribution in [1.29, 1.82) is 0 Å². The minimum atomic E-state index is 0.135. The largest absolute Gasteiger partial charge is 0.352 e. The van der Waals surface area contributed by atoms with E-state index < -0.39 is 0 Å². The minimum absolute atomic E-state index is 0.135. The second-order valence-corrected chi connectivity index (χ2v) is 5.31. The summed E-state index contributed by atoms with van der Waals surface area (Å²) in [7, 11) is 0. The maximum atomic E-state index is 11.9. The lowest BCUT2D eigenvalue weighted by molar-refractivity contribution is -0.125. The smallest absolute Gasteiger partial charge is 0.224 e. The molecule has 0 radical (unpaired) electrons. The third-order valence-corrected chi connectivity index (χ3v) is 3.52. The third-order valence-electron chi connectivity index (χ3n) is 3.02. The second-order valence-electron chi connectivity index (χ2n) is 4.39. The van der Waals surface area contributed by atoms with Crippen molar-refractivity contribution in [3.63, 3.8) is 0 Å². The number of rotatable bonds is 3. The zero-order valence-corrected chi connectivity index (χ0v) is 11.3. The summed E-state index contributed by atoms with van der Waals surface area (Å²) in [6.45, 7) is 2.45. The molecule has 1 atom stereocenters. The number of piperidine rings is 1. The van der Waals surface area contributed by atoms with Gasteiger partial charge in [0.05, 0.1) is 5.92 Å². The normalized spacial score (nSPS) is 19.9. The van der Waals surface area contributed by atoms with E-state index in [1.807, 2.05) is 24.3 Å². The summed E-state index contributed by atoms with van der Waals surface area (Å²) in [4.78, 5) is 11.9. The SMILES string of the molecule is O=C(NCc1cccc(Br)c1)C1CCCNC1. The number of nitrogens with one attached hydrogen (secondary N) is 2. The predicted molar refractivity (Wildman–Crippen MR) is 71.6 cm³/mol. The zero-order valence-electron chi connectivity index (χ0n) is 9.71. The minimum Gasteiger partial charge on any atom is -0.352 e. The van der Waals surface area contributed by atoms with Crippen LogP contribution >= 0.6 is 15.9 Å². The van der Waals surface area contributed by atoms with Crippen LogP contribution in [0.25, 0.3) is 0 Å². The van der Waals surface area contributed by atoms with E-state index in [2.05, 4.69) is 26.6 Å². The summed E-state index contributed by atoms with van der Waals surface area (Å²) in [6, 6.07) is 8.01. The van der Waals surface area contributed by atoms with Crippen molar-refractivity contribution in [3.8, 4) is 0 Å². The van der Waals surface area contributed by atoms with E-state index in [0.29, 0.717) is 6.54 Å². The van der Waals surface area contributed by atoms with Crippen LogP contribution in [-0.2, 0) is 11.3 Å². The van der Waals surface area contributed by atoms with Gasteiger partial charge >= 0.3 is 0 Å². The molecule has 0 spiro atoms. The molecule has 3 nitrogen and oxygen atoms in total. The Morgan fingerprint density at radius 3 is 3.12 bits per heavy atom. The highest BCUT2D eigenvalue weighted by molar-refractivity contribution is 9.10. The monoisotopic (exact) mass is 296 g/mol. The van der Waals surface area contributed by atoms with Crippen molar-refractivity contribution < 1.29 is 4.79 Å². The average molecular weight is 297 g/mol. The van der Waals surface area contributed by atoms with Crippen molar-refractivity contribution in [2.24, 2.45) is 5.92 Å². The van der Waals surface area contributed by atoms with E-state index in [4.69, 9.17) is 0 Å². The van der Waals surface area contributed by atoms with Gasteiger partial charge in [0.15, 0.2) is 0 Å². The van der Waals surface area contributed by atoms with Gasteiger partial charge in [-0.25, -0.2) is 0 Å². The number of carbonyl (C=O) groups is 1. The zero-order chi connectivity index (χ0) is 12.1. The van der Waals surface area contributed by atoms with Crippen molar-refractivity contribution in [2.45, 2.75) is 19.4 Å². The van der Waals surface area contributed by atoms with Gasteiger partial charge in [-0.3, -0.25) is 4.79 Å². The lowest BCUT2D eigenvalue weighted by Crippen LogP contribution is -2.40. The summed E-state index contributed by atoms with van der Waals surface area (Å²) in [5.41, 5.74) is 1.12. The molecule has 4 heteroatoms. The van der Waals surface area contributed by atoms with Crippen LogP contribution in [0.4, 0.5) is 0 Å². The first-order chi connectivity index (χ1) is 8.25. The molecule has 0 aliphatic carbocycles. The standard InChI is InChI=1S/C13H17BrN2O/c14-12-5-1-3-10(7-12)8-16-13(17)11-4-2-6-15-9-11/h1,3,5,7,11,15H,2,4,6,8-9H2,(H,16,17). The molecule has 1 fully saturated rings. The number of hydrogen-bond acceptors (Lipinski definition) is 2. The van der Waals surface area contributed by atoms with Crippen LogP contribution in [0, 0.1) is 5.92 Å². The van der Waals surface area contributed by atoms with Gasteiger partial charge in [-0.05, 0) is 37.1 Å². The maximum Gasteiger partial charge on any atom is 0.224 e. The Bertz CT molecular complexity index is 389. The topological polar surface area (TPSA) is 41.1 Å². The van der Waals surface area contributed by atoms with Gasteiger partial charge in [-0.1, -0.05) is 28.1 Å². The Labute approximate surface area is 110 Å². The fourth-order valence-corrected chi connectivity index (χ4v) is 2.50. The molecule has 2 rings (SSSR count). The van der Waals surface area contributed by atoms with Crippen LogP contribution < -0.4 is 10.6 Å². The Morgan fingerprint density at radius 1 is 1.53 bits per heavy atom. The summed E-state index contributed by atoms with van der Waals surface area (Å²) in [5, 5.41) is 6.25. The molecule has 1 aromatic carbocycles. The van der Waals surface area contributed by atoms with Crippen molar-refractivity contribution in [1.82, 2.24) is 10.6 Å². The molecular weight excluding hydrogens is 280 g/mol. The molecule has 1 amide bonds. The summed E-state index contributed by atoms with van der Waals surface area (Å²) in [6.07, 6.45) is 2.09. The van der Waals surface area contributed by atoms with Crippen molar-refractivity contribution in [3.05, 3.63) is 34.3 Å². The highest BCUT2D eigenvalue weighted by Crippen LogP contribution is 2.13. The van der Waals surface area contributed by atoms with Crippen LogP contribution in [-0.4, -0.2) is 19.0 Å². The Kier molecular flexibility index (Phi) is 4.57. The Hall–Kier alpha value is -0.870. The molecule has 1 heterocycles. The van der Waals surface area contributed by atoms with E-state index in [1.165, 1.54) is 0 Å². The summed E-state index contributed by atoms with van der Waals surface area (Å²) < 4.78 is 1.04. The third kappa shape index (κ3) is 3.82. The number of halogens is 1. The highest BCUT2D eigenvalue weighted by Gasteiger charge is 2.20. The van der Waals surface area contributed by atoms with E-state index in [-0.39, 0.29) is 11.8 Å². The fourth-order valence-electron chi connectivity index (χ4n) is 2.06. The number of amides is 1. The van der Waals surface area contributed by atoms with Crippen LogP contribution in [0.15, 0.2) is 28.7 Å². The van der Waals surface area contributed by atoms with Gasteiger partial charge in [-0.15, -0.1) is 0 Å². The second kappa shape index (κ2) is 6.17. The van der Waals surface area contributed by atoms with Crippen LogP contribution in [0.2, 0.25) is 0 Å². The molecule has 1 aromatic rings. The van der Waals surface area contributed by atoms with Gasteiger partial charge < -0.3 is 10.6 Å². The first kappa shape index (κ1) is 12.6. The molecule has 2 N–H and O–H groups in total. The van der Waals surface area contributed by atoms with Crippen molar-refractivity contribution >= 4 is 21.8 Å². The van der Waals surface area contributed by atoms with Gasteiger partial charge in [-0.2, -0.15) is 0 Å². The average Bonchev–Trinajstić information content (AvgIpc) is 2.37. The van der Waals surface area contributed by atoms with E-state index in [9.17, 15) is 4.79 Å². The molecule has 17 heavy (non-hydrogen) atoms. The van der Waals surface area contributed by atoms with Crippen LogP contribution in [0.5, 0.6) is 0 Å². The highest BCUT2D eigenvalue weighted by atomic mass is 79.9. The van der Waals surface area contributed by atoms with Crippen LogP contribution in [0.1, 0.15) is 18.4 Å². The molecule has 1 unspecified atom stereocenters. The van der Waals surface area contributed by atoms with E-state index in [1.54, 1.807) is 0 Å². The quantitative estimate of drug-likeness (QED) is 0.896. The van der Waals surface area contributed by atoms with Crippen molar-refractivity contribution in [2.75, 3.05) is 13.1 Å². The van der Waals surface area contributed by atoms with Gasteiger partial charge in [0.1, 0.15) is 0 Å². The van der Waals surface area contributed by atoms with Gasteiger partial charge in [0, 0.05) is 17.6 Å².